The third kappa shape index (κ3) is 5.88. The highest BCUT2D eigenvalue weighted by molar-refractivity contribution is 6.24. The van der Waals surface area contributed by atoms with E-state index in [0.29, 0.717) is 22.8 Å². The highest BCUT2D eigenvalue weighted by Crippen LogP contribution is 2.21. The van der Waals surface area contributed by atoms with E-state index in [9.17, 15) is 4.79 Å². The van der Waals surface area contributed by atoms with Gasteiger partial charge in [-0.3, -0.25) is 19.7 Å². The second-order valence-corrected chi connectivity index (χ2v) is 6.39. The van der Waals surface area contributed by atoms with Gasteiger partial charge in [0.25, 0.3) is 5.91 Å². The van der Waals surface area contributed by atoms with Crippen LogP contribution in [0.1, 0.15) is 37.4 Å². The third-order valence-electron chi connectivity index (χ3n) is 4.25. The number of anilines is 2. The average molecular weight is 405 g/mol. The Balaban J connectivity index is 2.26. The summed E-state index contributed by atoms with van der Waals surface area (Å²) in [5.74, 6) is -0.382. The van der Waals surface area contributed by atoms with Crippen LogP contribution in [-0.4, -0.2) is 27.9 Å². The summed E-state index contributed by atoms with van der Waals surface area (Å²) >= 11 is 0. The number of rotatable bonds is 8. The van der Waals surface area contributed by atoms with Gasteiger partial charge in [-0.2, -0.15) is 0 Å². The van der Waals surface area contributed by atoms with Gasteiger partial charge >= 0.3 is 0 Å². The van der Waals surface area contributed by atoms with Gasteiger partial charge in [-0.05, 0) is 26.3 Å². The molecule has 0 bridgehead atoms. The minimum absolute atomic E-state index is 0.228. The van der Waals surface area contributed by atoms with Gasteiger partial charge in [-0.15, -0.1) is 0 Å². The zero-order chi connectivity index (χ0) is 21.9. The minimum atomic E-state index is -0.382. The van der Waals surface area contributed by atoms with Crippen LogP contribution >= 0.6 is 0 Å². The number of hydrogen-bond donors (Lipinski definition) is 3. The molecule has 2 heterocycles. The first-order chi connectivity index (χ1) is 14.5. The van der Waals surface area contributed by atoms with Gasteiger partial charge in [0.05, 0.1) is 52.6 Å². The van der Waals surface area contributed by atoms with E-state index in [1.54, 1.807) is 31.7 Å². The molecule has 0 atom stereocenters. The molecule has 0 unspecified atom stereocenters. The molecular formula is C23H28N6O. The van der Waals surface area contributed by atoms with E-state index in [4.69, 9.17) is 5.73 Å². The number of amides is 1. The van der Waals surface area contributed by atoms with E-state index in [1.807, 2.05) is 38.2 Å². The zero-order valence-electron chi connectivity index (χ0n) is 17.8. The van der Waals surface area contributed by atoms with Gasteiger partial charge in [-0.25, -0.2) is 0 Å². The maximum absolute atomic E-state index is 12.8. The molecule has 1 amide bonds. The number of aromatic nitrogens is 3. The second kappa shape index (κ2) is 11.3. The highest BCUT2D eigenvalue weighted by atomic mass is 16.1. The lowest BCUT2D eigenvalue weighted by Gasteiger charge is -2.11. The van der Waals surface area contributed by atoms with E-state index in [-0.39, 0.29) is 11.5 Å². The SMILES string of the molecule is C\C=C/C(=C\C=C\CC)c1cnc(/C(=C\N)C(=O)Nc2cc(NC)cnc2C)cn1. The van der Waals surface area contributed by atoms with Crippen LogP contribution in [0.15, 0.2) is 61.2 Å². The van der Waals surface area contributed by atoms with Crippen LogP contribution < -0.4 is 16.4 Å². The number of hydrogen-bond acceptors (Lipinski definition) is 6. The summed E-state index contributed by atoms with van der Waals surface area (Å²) in [5.41, 5.74) is 10.1. The number of allylic oxidation sites excluding steroid dienone is 6. The van der Waals surface area contributed by atoms with Crippen molar-refractivity contribution in [3.8, 4) is 0 Å². The third-order valence-corrected chi connectivity index (χ3v) is 4.25. The van der Waals surface area contributed by atoms with Crippen molar-refractivity contribution in [1.82, 2.24) is 15.0 Å². The number of carbonyl (C=O) groups excluding carboxylic acids is 1. The van der Waals surface area contributed by atoms with Crippen molar-refractivity contribution in [3.05, 3.63) is 78.3 Å². The van der Waals surface area contributed by atoms with Crippen LogP contribution in [0.3, 0.4) is 0 Å². The Labute approximate surface area is 177 Å². The summed E-state index contributed by atoms with van der Waals surface area (Å²) in [5, 5.41) is 5.83. The van der Waals surface area contributed by atoms with Gasteiger partial charge in [0.15, 0.2) is 0 Å². The van der Waals surface area contributed by atoms with Crippen molar-refractivity contribution in [2.24, 2.45) is 5.73 Å². The Bertz CT molecular complexity index is 987. The molecule has 0 spiro atoms. The molecule has 30 heavy (non-hydrogen) atoms. The Morgan fingerprint density at radius 3 is 2.50 bits per heavy atom. The summed E-state index contributed by atoms with van der Waals surface area (Å²) in [6.45, 7) is 5.84. The van der Waals surface area contributed by atoms with Crippen LogP contribution in [0.2, 0.25) is 0 Å². The van der Waals surface area contributed by atoms with Crippen LogP contribution in [0.25, 0.3) is 11.1 Å². The summed E-state index contributed by atoms with van der Waals surface area (Å²) in [6.07, 6.45) is 17.0. The Morgan fingerprint density at radius 2 is 1.90 bits per heavy atom. The Hall–Kier alpha value is -3.74. The number of aryl methyl sites for hydroxylation is 1. The van der Waals surface area contributed by atoms with Crippen molar-refractivity contribution >= 4 is 28.4 Å². The topological polar surface area (TPSA) is 106 Å². The van der Waals surface area contributed by atoms with Gasteiger partial charge in [0.2, 0.25) is 0 Å². The number of pyridine rings is 1. The minimum Gasteiger partial charge on any atom is -0.404 e. The zero-order valence-corrected chi connectivity index (χ0v) is 17.8. The standard InChI is InChI=1S/C23H28N6O/c1-5-7-8-10-17(9-6-2)21-14-28-22(15-27-21)19(12-24)23(30)29-20-11-18(25-4)13-26-16(20)3/h6-15,25H,5,24H2,1-4H3,(H,29,30)/b8-7+,9-6-,17-10+,19-12+. The van der Waals surface area contributed by atoms with Crippen LogP contribution in [0, 0.1) is 6.92 Å². The summed E-state index contributed by atoms with van der Waals surface area (Å²) < 4.78 is 0. The lowest BCUT2D eigenvalue weighted by atomic mass is 10.1. The van der Waals surface area contributed by atoms with E-state index in [0.717, 1.165) is 17.7 Å². The maximum atomic E-state index is 12.8. The normalized spacial score (nSPS) is 12.5. The lowest BCUT2D eigenvalue weighted by molar-refractivity contribution is -0.111. The largest absolute Gasteiger partial charge is 0.404 e. The Morgan fingerprint density at radius 1 is 1.17 bits per heavy atom. The molecule has 0 aromatic carbocycles. The van der Waals surface area contributed by atoms with Crippen molar-refractivity contribution in [3.63, 3.8) is 0 Å². The molecule has 7 nitrogen and oxygen atoms in total. The van der Waals surface area contributed by atoms with Crippen molar-refractivity contribution in [2.45, 2.75) is 27.2 Å². The molecule has 0 saturated heterocycles. The fourth-order valence-corrected chi connectivity index (χ4v) is 2.59. The van der Waals surface area contributed by atoms with E-state index in [2.05, 4.69) is 38.6 Å². The molecule has 0 aliphatic rings. The molecule has 7 heteroatoms. The molecule has 2 rings (SSSR count). The molecule has 156 valence electrons. The fourth-order valence-electron chi connectivity index (χ4n) is 2.59. The quantitative estimate of drug-likeness (QED) is 0.452. The van der Waals surface area contributed by atoms with Crippen LogP contribution in [0.5, 0.6) is 0 Å². The monoisotopic (exact) mass is 404 g/mol. The molecule has 0 aliphatic carbocycles. The van der Waals surface area contributed by atoms with Gasteiger partial charge in [0, 0.05) is 18.8 Å². The van der Waals surface area contributed by atoms with Crippen molar-refractivity contribution < 1.29 is 4.79 Å². The predicted molar refractivity (Wildman–Crippen MR) is 124 cm³/mol. The van der Waals surface area contributed by atoms with Crippen molar-refractivity contribution in [1.29, 1.82) is 0 Å². The number of nitrogens with two attached hydrogens (primary N) is 1. The van der Waals surface area contributed by atoms with Gasteiger partial charge in [0.1, 0.15) is 0 Å². The van der Waals surface area contributed by atoms with Gasteiger partial charge < -0.3 is 16.4 Å². The first-order valence-corrected chi connectivity index (χ1v) is 9.73. The summed E-state index contributed by atoms with van der Waals surface area (Å²) in [7, 11) is 1.79. The molecular weight excluding hydrogens is 376 g/mol. The lowest BCUT2D eigenvalue weighted by Crippen LogP contribution is -2.17. The predicted octanol–water partition coefficient (Wildman–Crippen LogP) is 4.09. The molecule has 2 aromatic heterocycles. The molecule has 0 fully saturated rings. The first-order valence-electron chi connectivity index (χ1n) is 9.73. The van der Waals surface area contributed by atoms with Crippen LogP contribution in [0.4, 0.5) is 11.4 Å². The summed E-state index contributed by atoms with van der Waals surface area (Å²) in [6, 6.07) is 1.81. The maximum Gasteiger partial charge on any atom is 0.259 e. The second-order valence-electron chi connectivity index (χ2n) is 6.39. The number of nitrogens with one attached hydrogen (secondary N) is 2. The van der Waals surface area contributed by atoms with E-state index < -0.39 is 0 Å². The van der Waals surface area contributed by atoms with E-state index >= 15 is 0 Å². The molecule has 4 N–H and O–H groups in total. The smallest absolute Gasteiger partial charge is 0.259 e. The molecule has 0 aliphatic heterocycles. The molecule has 0 radical (unpaired) electrons. The number of carbonyl (C=O) groups is 1. The van der Waals surface area contributed by atoms with E-state index in [1.165, 1.54) is 6.20 Å². The fraction of sp³-hybridized carbons (Fsp3) is 0.217. The van der Waals surface area contributed by atoms with Crippen LogP contribution in [-0.2, 0) is 4.79 Å². The molecule has 2 aromatic rings. The summed E-state index contributed by atoms with van der Waals surface area (Å²) in [4.78, 5) is 25.9. The van der Waals surface area contributed by atoms with Gasteiger partial charge in [-0.1, -0.05) is 37.3 Å². The highest BCUT2D eigenvalue weighted by Gasteiger charge is 2.16. The Kier molecular flexibility index (Phi) is 8.50. The molecule has 0 saturated carbocycles. The average Bonchev–Trinajstić information content (AvgIpc) is 2.76. The number of nitrogens with zero attached hydrogens (tertiary/aromatic N) is 3. The first kappa shape index (κ1) is 22.5. The van der Waals surface area contributed by atoms with Crippen molar-refractivity contribution in [2.75, 3.05) is 17.7 Å².